The molecule has 0 unspecified atom stereocenters. The highest BCUT2D eigenvalue weighted by molar-refractivity contribution is 5.39. The minimum Gasteiger partial charge on any atom is -0.399 e. The molecule has 0 aliphatic carbocycles. The van der Waals surface area contributed by atoms with Gasteiger partial charge in [0.25, 0.3) is 0 Å². The first-order chi connectivity index (χ1) is 9.95. The molecule has 2 aromatic rings. The topological polar surface area (TPSA) is 47.1 Å². The van der Waals surface area contributed by atoms with Gasteiger partial charge >= 0.3 is 0 Å². The second kappa shape index (κ2) is 6.76. The second-order valence-corrected chi connectivity index (χ2v) is 6.12. The summed E-state index contributed by atoms with van der Waals surface area (Å²) in [5, 5.41) is 4.64. The molecule has 0 aliphatic rings. The van der Waals surface area contributed by atoms with Gasteiger partial charge in [-0.25, -0.2) is 0 Å². The van der Waals surface area contributed by atoms with Crippen LogP contribution in [0.15, 0.2) is 36.5 Å². The van der Waals surface area contributed by atoms with E-state index in [0.717, 1.165) is 24.5 Å². The third-order valence-corrected chi connectivity index (χ3v) is 3.65. The van der Waals surface area contributed by atoms with Gasteiger partial charge in [-0.1, -0.05) is 12.1 Å². The van der Waals surface area contributed by atoms with Crippen LogP contribution in [0.3, 0.4) is 0 Å². The third-order valence-electron chi connectivity index (χ3n) is 3.65. The van der Waals surface area contributed by atoms with Crippen molar-refractivity contribution in [3.63, 3.8) is 0 Å². The molecule has 21 heavy (non-hydrogen) atoms. The summed E-state index contributed by atoms with van der Waals surface area (Å²) < 4.78 is 2.01. The zero-order chi connectivity index (χ0) is 15.4. The summed E-state index contributed by atoms with van der Waals surface area (Å²) in [5.74, 6) is 0. The maximum atomic E-state index is 5.75. The van der Waals surface area contributed by atoms with E-state index in [1.165, 1.54) is 5.56 Å². The fraction of sp³-hybridized carbons (Fsp3) is 0.471. The van der Waals surface area contributed by atoms with Gasteiger partial charge in [0.1, 0.15) is 0 Å². The average Bonchev–Trinajstić information content (AvgIpc) is 2.89. The van der Waals surface area contributed by atoms with Gasteiger partial charge in [0.05, 0.1) is 5.69 Å². The predicted molar refractivity (Wildman–Crippen MR) is 87.8 cm³/mol. The molecule has 0 saturated heterocycles. The Hall–Kier alpha value is -1.81. The van der Waals surface area contributed by atoms with Crippen molar-refractivity contribution < 1.29 is 0 Å². The van der Waals surface area contributed by atoms with Crippen LogP contribution >= 0.6 is 0 Å². The summed E-state index contributed by atoms with van der Waals surface area (Å²) in [6.07, 6.45) is 2.06. The van der Waals surface area contributed by atoms with E-state index in [0.29, 0.717) is 12.1 Å². The van der Waals surface area contributed by atoms with Crippen molar-refractivity contribution in [3.05, 3.63) is 47.8 Å². The van der Waals surface area contributed by atoms with Crippen LogP contribution in [-0.4, -0.2) is 20.7 Å². The molecule has 0 aliphatic heterocycles. The Morgan fingerprint density at radius 3 is 2.24 bits per heavy atom. The smallest absolute Gasteiger partial charge is 0.0765 e. The largest absolute Gasteiger partial charge is 0.399 e. The molecule has 2 rings (SSSR count). The molecule has 0 atom stereocenters. The molecule has 0 spiro atoms. The molecule has 1 aromatic heterocycles. The number of aromatic nitrogens is 2. The van der Waals surface area contributed by atoms with Crippen molar-refractivity contribution >= 4 is 5.69 Å². The van der Waals surface area contributed by atoms with E-state index in [-0.39, 0.29) is 0 Å². The Bertz CT molecular complexity index is 554. The van der Waals surface area contributed by atoms with E-state index in [2.05, 4.69) is 62.1 Å². The van der Waals surface area contributed by atoms with Crippen LogP contribution in [0.5, 0.6) is 0 Å². The van der Waals surface area contributed by atoms with Crippen molar-refractivity contribution in [3.8, 4) is 0 Å². The van der Waals surface area contributed by atoms with Gasteiger partial charge in [0.2, 0.25) is 0 Å². The Morgan fingerprint density at radius 1 is 1.05 bits per heavy atom. The van der Waals surface area contributed by atoms with Crippen molar-refractivity contribution in [2.45, 2.75) is 52.9 Å². The first-order valence-corrected chi connectivity index (χ1v) is 7.58. The highest BCUT2D eigenvalue weighted by Gasteiger charge is 2.13. The minimum absolute atomic E-state index is 0.406. The van der Waals surface area contributed by atoms with E-state index in [4.69, 9.17) is 5.73 Å². The molecule has 2 N–H and O–H groups in total. The molecule has 0 amide bonds. The van der Waals surface area contributed by atoms with Crippen molar-refractivity contribution in [2.75, 3.05) is 5.73 Å². The molecule has 0 saturated carbocycles. The Labute approximate surface area is 127 Å². The highest BCUT2D eigenvalue weighted by atomic mass is 15.3. The predicted octanol–water partition coefficient (Wildman–Crippen LogP) is 3.46. The fourth-order valence-corrected chi connectivity index (χ4v) is 2.24. The standard InChI is InChI=1S/C17H26N4/c1-13(2)20(11-15-5-7-16(18)8-6-15)12-17-9-10-21(19-17)14(3)4/h5-10,13-14H,11-12,18H2,1-4H3. The molecule has 114 valence electrons. The van der Waals surface area contributed by atoms with E-state index in [9.17, 15) is 0 Å². The fourth-order valence-electron chi connectivity index (χ4n) is 2.24. The lowest BCUT2D eigenvalue weighted by atomic mass is 10.1. The van der Waals surface area contributed by atoms with Gasteiger partial charge in [-0.2, -0.15) is 5.10 Å². The zero-order valence-electron chi connectivity index (χ0n) is 13.5. The Kier molecular flexibility index (Phi) is 5.02. The highest BCUT2D eigenvalue weighted by Crippen LogP contribution is 2.14. The monoisotopic (exact) mass is 286 g/mol. The third kappa shape index (κ3) is 4.33. The SMILES string of the molecule is CC(C)N(Cc1ccc(N)cc1)Cc1ccn(C(C)C)n1. The number of anilines is 1. The zero-order valence-corrected chi connectivity index (χ0v) is 13.5. The van der Waals surface area contributed by atoms with Crippen LogP contribution in [-0.2, 0) is 13.1 Å². The van der Waals surface area contributed by atoms with Crippen molar-refractivity contribution in [1.82, 2.24) is 14.7 Å². The van der Waals surface area contributed by atoms with Crippen LogP contribution in [0, 0.1) is 0 Å². The summed E-state index contributed by atoms with van der Waals surface area (Å²) in [7, 11) is 0. The summed E-state index contributed by atoms with van der Waals surface area (Å²) in [6, 6.07) is 11.1. The van der Waals surface area contributed by atoms with Gasteiger partial charge in [0.15, 0.2) is 0 Å². The summed E-state index contributed by atoms with van der Waals surface area (Å²) in [6.45, 7) is 10.5. The van der Waals surface area contributed by atoms with E-state index in [1.54, 1.807) is 0 Å². The van der Waals surface area contributed by atoms with Crippen molar-refractivity contribution in [2.24, 2.45) is 0 Å². The molecule has 1 heterocycles. The molecular weight excluding hydrogens is 260 g/mol. The minimum atomic E-state index is 0.406. The quantitative estimate of drug-likeness (QED) is 0.827. The average molecular weight is 286 g/mol. The summed E-state index contributed by atoms with van der Waals surface area (Å²) in [4.78, 5) is 2.42. The molecule has 4 heteroatoms. The van der Waals surface area contributed by atoms with Crippen LogP contribution in [0.1, 0.15) is 45.0 Å². The molecular formula is C17H26N4. The van der Waals surface area contributed by atoms with Gasteiger partial charge in [0, 0.05) is 37.1 Å². The molecule has 0 fully saturated rings. The van der Waals surface area contributed by atoms with Gasteiger partial charge in [-0.05, 0) is 51.5 Å². The van der Waals surface area contributed by atoms with E-state index < -0.39 is 0 Å². The molecule has 0 radical (unpaired) electrons. The van der Waals surface area contributed by atoms with Crippen LogP contribution in [0.2, 0.25) is 0 Å². The van der Waals surface area contributed by atoms with Crippen LogP contribution in [0.25, 0.3) is 0 Å². The lowest BCUT2D eigenvalue weighted by Crippen LogP contribution is -2.30. The molecule has 4 nitrogen and oxygen atoms in total. The Morgan fingerprint density at radius 2 is 1.71 bits per heavy atom. The number of rotatable bonds is 6. The lowest BCUT2D eigenvalue weighted by molar-refractivity contribution is 0.200. The van der Waals surface area contributed by atoms with Gasteiger partial charge < -0.3 is 5.73 Å². The number of benzene rings is 1. The van der Waals surface area contributed by atoms with Crippen LogP contribution < -0.4 is 5.73 Å². The first-order valence-electron chi connectivity index (χ1n) is 7.58. The van der Waals surface area contributed by atoms with Gasteiger partial charge in [-0.3, -0.25) is 9.58 Å². The Balaban J connectivity index is 2.06. The summed E-state index contributed by atoms with van der Waals surface area (Å²) in [5.41, 5.74) is 8.95. The maximum absolute atomic E-state index is 5.75. The normalized spacial score (nSPS) is 11.8. The number of nitrogens with two attached hydrogens (primary N) is 1. The number of nitrogen functional groups attached to an aromatic ring is 1. The second-order valence-electron chi connectivity index (χ2n) is 6.12. The van der Waals surface area contributed by atoms with Crippen LogP contribution in [0.4, 0.5) is 5.69 Å². The maximum Gasteiger partial charge on any atom is 0.0765 e. The number of hydrogen-bond acceptors (Lipinski definition) is 3. The van der Waals surface area contributed by atoms with Gasteiger partial charge in [-0.15, -0.1) is 0 Å². The van der Waals surface area contributed by atoms with E-state index in [1.807, 2.05) is 16.8 Å². The van der Waals surface area contributed by atoms with Crippen molar-refractivity contribution in [1.29, 1.82) is 0 Å². The molecule has 1 aromatic carbocycles. The summed E-state index contributed by atoms with van der Waals surface area (Å²) >= 11 is 0. The molecule has 0 bridgehead atoms. The first kappa shape index (κ1) is 15.6. The van der Waals surface area contributed by atoms with E-state index >= 15 is 0 Å². The lowest BCUT2D eigenvalue weighted by Gasteiger charge is -2.25. The number of nitrogens with zero attached hydrogens (tertiary/aromatic N) is 3. The number of hydrogen-bond donors (Lipinski definition) is 1.